The Balaban J connectivity index is 1.83. The fraction of sp³-hybridized carbons (Fsp3) is 0.571. The van der Waals surface area contributed by atoms with E-state index in [9.17, 15) is 4.79 Å². The summed E-state index contributed by atoms with van der Waals surface area (Å²) in [5.74, 6) is 1.60. The fourth-order valence-electron chi connectivity index (χ4n) is 2.72. The number of fused-ring (bicyclic) bond motifs is 1. The van der Waals surface area contributed by atoms with Gasteiger partial charge in [0, 0.05) is 20.0 Å². The number of hydrogen-bond donors (Lipinski definition) is 2. The summed E-state index contributed by atoms with van der Waals surface area (Å²) in [6.45, 7) is 4.76. The largest absolute Gasteiger partial charge is 0.378 e. The predicted molar refractivity (Wildman–Crippen MR) is 85.2 cm³/mol. The molecule has 22 heavy (non-hydrogen) atoms. The molecule has 2 aromatic rings. The van der Waals surface area contributed by atoms with E-state index in [1.54, 1.807) is 7.05 Å². The van der Waals surface area contributed by atoms with Crippen LogP contribution in [0.2, 0.25) is 0 Å². The second-order valence-corrected chi connectivity index (χ2v) is 6.13. The Kier molecular flexibility index (Phi) is 4.10. The van der Waals surface area contributed by atoms with Gasteiger partial charge in [0.1, 0.15) is 10.8 Å². The highest BCUT2D eigenvalue weighted by Crippen LogP contribution is 2.27. The van der Waals surface area contributed by atoms with Crippen LogP contribution in [0.4, 0.5) is 5.00 Å². The molecule has 1 aliphatic heterocycles. The first-order valence-corrected chi connectivity index (χ1v) is 8.29. The van der Waals surface area contributed by atoms with Crippen molar-refractivity contribution in [1.82, 2.24) is 24.5 Å². The predicted octanol–water partition coefficient (Wildman–Crippen LogP) is 1.91. The van der Waals surface area contributed by atoms with Crippen molar-refractivity contribution in [3.63, 3.8) is 0 Å². The van der Waals surface area contributed by atoms with Crippen molar-refractivity contribution in [2.75, 3.05) is 12.4 Å². The van der Waals surface area contributed by atoms with E-state index in [2.05, 4.69) is 25.1 Å². The molecule has 0 fully saturated rings. The molecule has 118 valence electrons. The maximum Gasteiger partial charge on any atom is 0.256 e. The number of aromatic nitrogens is 4. The molecule has 3 rings (SSSR count). The minimum Gasteiger partial charge on any atom is -0.378 e. The monoisotopic (exact) mass is 320 g/mol. The number of anilines is 1. The van der Waals surface area contributed by atoms with Crippen molar-refractivity contribution in [3.8, 4) is 0 Å². The van der Waals surface area contributed by atoms with E-state index in [1.807, 2.05) is 18.5 Å². The molecule has 0 spiro atoms. The summed E-state index contributed by atoms with van der Waals surface area (Å²) in [5.41, 5.74) is 1.37. The summed E-state index contributed by atoms with van der Waals surface area (Å²) in [6.07, 6.45) is 2.68. The normalized spacial score (nSPS) is 17.1. The average molecular weight is 320 g/mol. The van der Waals surface area contributed by atoms with Gasteiger partial charge in [0.05, 0.1) is 17.3 Å². The highest BCUT2D eigenvalue weighted by atomic mass is 32.1. The molecule has 1 aliphatic rings. The third kappa shape index (κ3) is 2.58. The van der Waals surface area contributed by atoms with Crippen LogP contribution in [0.25, 0.3) is 0 Å². The molecule has 0 bridgehead atoms. The third-order valence-electron chi connectivity index (χ3n) is 3.86. The molecule has 0 unspecified atom stereocenters. The van der Waals surface area contributed by atoms with Crippen molar-refractivity contribution in [3.05, 3.63) is 22.9 Å². The van der Waals surface area contributed by atoms with Gasteiger partial charge in [-0.15, -0.1) is 0 Å². The first-order valence-electron chi connectivity index (χ1n) is 7.52. The van der Waals surface area contributed by atoms with Crippen molar-refractivity contribution in [1.29, 1.82) is 0 Å². The maximum atomic E-state index is 12.6. The molecule has 0 saturated carbocycles. The summed E-state index contributed by atoms with van der Waals surface area (Å²) in [7, 11) is 1.80. The molecule has 3 heterocycles. The Hall–Kier alpha value is -1.96. The van der Waals surface area contributed by atoms with Crippen LogP contribution in [0.3, 0.4) is 0 Å². The number of nitrogens with zero attached hydrogens (tertiary/aromatic N) is 4. The molecule has 7 nitrogen and oxygen atoms in total. The van der Waals surface area contributed by atoms with Gasteiger partial charge < -0.3 is 10.6 Å². The number of aryl methyl sites for hydroxylation is 3. The van der Waals surface area contributed by atoms with Gasteiger partial charge in [-0.2, -0.15) is 9.47 Å². The standard InChI is InChI=1S/C14H20N6OS/c1-4-10-17-12-9(6-5-7-20(12)18-10)16-13(21)11-8(2)19-22-14(11)15-3/h9,15H,4-7H2,1-3H3,(H,16,21)/t9-/m1/s1. The molecule has 2 N–H and O–H groups in total. The van der Waals surface area contributed by atoms with Crippen LogP contribution in [0.1, 0.15) is 53.5 Å². The quantitative estimate of drug-likeness (QED) is 0.899. The van der Waals surface area contributed by atoms with Gasteiger partial charge in [-0.05, 0) is 31.3 Å². The highest BCUT2D eigenvalue weighted by Gasteiger charge is 2.27. The van der Waals surface area contributed by atoms with Crippen molar-refractivity contribution >= 4 is 22.4 Å². The van der Waals surface area contributed by atoms with Gasteiger partial charge in [-0.25, -0.2) is 9.67 Å². The van der Waals surface area contributed by atoms with Gasteiger partial charge in [0.15, 0.2) is 5.82 Å². The van der Waals surface area contributed by atoms with Crippen molar-refractivity contribution in [2.24, 2.45) is 0 Å². The van der Waals surface area contributed by atoms with Crippen LogP contribution < -0.4 is 10.6 Å². The van der Waals surface area contributed by atoms with Gasteiger partial charge in [-0.3, -0.25) is 4.79 Å². The van der Waals surface area contributed by atoms with E-state index in [4.69, 9.17) is 0 Å². The molecule has 1 atom stereocenters. The lowest BCUT2D eigenvalue weighted by atomic mass is 10.1. The van der Waals surface area contributed by atoms with Crippen molar-refractivity contribution < 1.29 is 4.79 Å². The Morgan fingerprint density at radius 2 is 2.32 bits per heavy atom. The Morgan fingerprint density at radius 3 is 3.05 bits per heavy atom. The molecule has 0 aromatic carbocycles. The summed E-state index contributed by atoms with van der Waals surface area (Å²) in [5, 5.41) is 11.4. The number of rotatable bonds is 4. The second-order valence-electron chi connectivity index (χ2n) is 5.35. The van der Waals surface area contributed by atoms with E-state index in [0.717, 1.165) is 48.2 Å². The zero-order chi connectivity index (χ0) is 15.7. The van der Waals surface area contributed by atoms with Gasteiger partial charge in [-0.1, -0.05) is 6.92 Å². The van der Waals surface area contributed by atoms with Crippen LogP contribution >= 0.6 is 11.5 Å². The number of amides is 1. The zero-order valence-electron chi connectivity index (χ0n) is 13.0. The molecule has 2 aromatic heterocycles. The molecular formula is C14H20N6OS. The zero-order valence-corrected chi connectivity index (χ0v) is 13.8. The molecule has 0 radical (unpaired) electrons. The third-order valence-corrected chi connectivity index (χ3v) is 4.81. The highest BCUT2D eigenvalue weighted by molar-refractivity contribution is 7.10. The Bertz CT molecular complexity index is 692. The molecule has 0 aliphatic carbocycles. The van der Waals surface area contributed by atoms with Crippen molar-refractivity contribution in [2.45, 2.75) is 45.7 Å². The Labute approximate surface area is 133 Å². The summed E-state index contributed by atoms with van der Waals surface area (Å²) < 4.78 is 6.17. The summed E-state index contributed by atoms with van der Waals surface area (Å²) in [6, 6.07) is -0.0851. The lowest BCUT2D eigenvalue weighted by Gasteiger charge is -2.23. The van der Waals surface area contributed by atoms with Crippen LogP contribution in [0.5, 0.6) is 0 Å². The maximum absolute atomic E-state index is 12.6. The van der Waals surface area contributed by atoms with E-state index in [-0.39, 0.29) is 11.9 Å². The number of nitrogens with one attached hydrogen (secondary N) is 2. The molecular weight excluding hydrogens is 300 g/mol. The molecule has 8 heteroatoms. The summed E-state index contributed by atoms with van der Waals surface area (Å²) in [4.78, 5) is 17.2. The van der Waals surface area contributed by atoms with Crippen LogP contribution in [-0.4, -0.2) is 32.1 Å². The van der Waals surface area contributed by atoms with Crippen LogP contribution in [-0.2, 0) is 13.0 Å². The summed E-state index contributed by atoms with van der Waals surface area (Å²) >= 11 is 1.30. The minimum absolute atomic E-state index is 0.0851. The van der Waals surface area contributed by atoms with E-state index in [1.165, 1.54) is 11.5 Å². The molecule has 0 saturated heterocycles. The van der Waals surface area contributed by atoms with Gasteiger partial charge in [0.2, 0.25) is 0 Å². The number of carbonyl (C=O) groups is 1. The fourth-order valence-corrected chi connectivity index (χ4v) is 3.47. The minimum atomic E-state index is -0.102. The molecule has 1 amide bonds. The first kappa shape index (κ1) is 15.0. The Morgan fingerprint density at radius 1 is 1.50 bits per heavy atom. The van der Waals surface area contributed by atoms with Crippen LogP contribution in [0, 0.1) is 6.92 Å². The lowest BCUT2D eigenvalue weighted by Crippen LogP contribution is -2.33. The SMILES string of the molecule is CCc1nc2n(n1)CCC[C@H]2NC(=O)c1c(C)nsc1NC. The second kappa shape index (κ2) is 6.04. The smallest absolute Gasteiger partial charge is 0.256 e. The van der Waals surface area contributed by atoms with E-state index >= 15 is 0 Å². The van der Waals surface area contributed by atoms with E-state index in [0.29, 0.717) is 5.56 Å². The topological polar surface area (TPSA) is 84.7 Å². The van der Waals surface area contributed by atoms with Crippen LogP contribution in [0.15, 0.2) is 0 Å². The van der Waals surface area contributed by atoms with Gasteiger partial charge in [0.25, 0.3) is 5.91 Å². The number of hydrogen-bond acceptors (Lipinski definition) is 6. The average Bonchev–Trinajstić information content (AvgIpc) is 3.10. The lowest BCUT2D eigenvalue weighted by molar-refractivity contribution is 0.0927. The van der Waals surface area contributed by atoms with E-state index < -0.39 is 0 Å². The van der Waals surface area contributed by atoms with Gasteiger partial charge >= 0.3 is 0 Å². The number of carbonyl (C=O) groups excluding carboxylic acids is 1. The first-order chi connectivity index (χ1) is 10.6.